The molecule has 0 saturated heterocycles. The van der Waals surface area contributed by atoms with Crippen LogP contribution in [0.15, 0.2) is 10.7 Å². The van der Waals surface area contributed by atoms with Gasteiger partial charge in [0.1, 0.15) is 5.76 Å². The smallest absolute Gasteiger partial charge is 0.141 e. The fourth-order valence-corrected chi connectivity index (χ4v) is 1.48. The van der Waals surface area contributed by atoms with Gasteiger partial charge in [0.25, 0.3) is 0 Å². The van der Waals surface area contributed by atoms with Gasteiger partial charge in [-0.25, -0.2) is 0 Å². The van der Waals surface area contributed by atoms with Gasteiger partial charge in [-0.1, -0.05) is 5.16 Å². The van der Waals surface area contributed by atoms with Gasteiger partial charge >= 0.3 is 0 Å². The van der Waals surface area contributed by atoms with Crippen LogP contribution in [0.25, 0.3) is 0 Å². The first-order chi connectivity index (χ1) is 4.92. The standard InChI is InChI=1S/C7H10N2O/c1-8-6-2-3-7-5(6)4-9-10-7/h4,6,8H,2-3H2,1H3. The van der Waals surface area contributed by atoms with E-state index < -0.39 is 0 Å². The Morgan fingerprint density at radius 3 is 3.50 bits per heavy atom. The minimum absolute atomic E-state index is 0.473. The van der Waals surface area contributed by atoms with Crippen LogP contribution in [0.4, 0.5) is 0 Å². The summed E-state index contributed by atoms with van der Waals surface area (Å²) in [4.78, 5) is 0. The molecule has 1 aliphatic rings. The van der Waals surface area contributed by atoms with Crippen molar-refractivity contribution in [1.29, 1.82) is 0 Å². The first-order valence-electron chi connectivity index (χ1n) is 3.52. The van der Waals surface area contributed by atoms with Crippen LogP contribution in [0.3, 0.4) is 0 Å². The maximum Gasteiger partial charge on any atom is 0.141 e. The van der Waals surface area contributed by atoms with E-state index >= 15 is 0 Å². The third-order valence-corrected chi connectivity index (χ3v) is 2.06. The lowest BCUT2D eigenvalue weighted by Gasteiger charge is -2.04. The number of aryl methyl sites for hydroxylation is 1. The number of rotatable bonds is 1. The Bertz CT molecular complexity index is 231. The molecule has 0 spiro atoms. The molecule has 2 rings (SSSR count). The van der Waals surface area contributed by atoms with E-state index in [-0.39, 0.29) is 0 Å². The van der Waals surface area contributed by atoms with E-state index in [1.54, 1.807) is 0 Å². The monoisotopic (exact) mass is 138 g/mol. The fourth-order valence-electron chi connectivity index (χ4n) is 1.48. The molecule has 0 fully saturated rings. The van der Waals surface area contributed by atoms with Crippen molar-refractivity contribution in [2.45, 2.75) is 18.9 Å². The van der Waals surface area contributed by atoms with E-state index in [2.05, 4.69) is 10.5 Å². The highest BCUT2D eigenvalue weighted by Crippen LogP contribution is 2.29. The maximum atomic E-state index is 5.02. The van der Waals surface area contributed by atoms with Crippen LogP contribution >= 0.6 is 0 Å². The number of hydrogen-bond donors (Lipinski definition) is 1. The predicted molar refractivity (Wildman–Crippen MR) is 36.6 cm³/mol. The van der Waals surface area contributed by atoms with Gasteiger partial charge in [-0.3, -0.25) is 0 Å². The number of aromatic nitrogens is 1. The van der Waals surface area contributed by atoms with E-state index in [4.69, 9.17) is 4.52 Å². The lowest BCUT2D eigenvalue weighted by molar-refractivity contribution is 0.385. The molecule has 1 unspecified atom stereocenters. The lowest BCUT2D eigenvalue weighted by atomic mass is 10.2. The molecule has 0 bridgehead atoms. The molecule has 0 amide bonds. The van der Waals surface area contributed by atoms with Crippen LogP contribution in [0, 0.1) is 0 Å². The van der Waals surface area contributed by atoms with Gasteiger partial charge in [0.05, 0.1) is 6.20 Å². The average Bonchev–Trinajstić information content (AvgIpc) is 2.44. The summed E-state index contributed by atoms with van der Waals surface area (Å²) >= 11 is 0. The van der Waals surface area contributed by atoms with E-state index in [0.717, 1.165) is 18.6 Å². The first kappa shape index (κ1) is 5.92. The molecule has 0 aromatic carbocycles. The Morgan fingerprint density at radius 1 is 1.80 bits per heavy atom. The highest BCUT2D eigenvalue weighted by Gasteiger charge is 2.24. The van der Waals surface area contributed by atoms with Crippen molar-refractivity contribution >= 4 is 0 Å². The second kappa shape index (κ2) is 2.09. The molecule has 1 atom stereocenters. The molecule has 10 heavy (non-hydrogen) atoms. The van der Waals surface area contributed by atoms with Crippen molar-refractivity contribution in [3.63, 3.8) is 0 Å². The zero-order valence-corrected chi connectivity index (χ0v) is 5.92. The molecule has 3 heteroatoms. The van der Waals surface area contributed by atoms with Gasteiger partial charge in [-0.15, -0.1) is 0 Å². The minimum Gasteiger partial charge on any atom is -0.361 e. The molecule has 1 heterocycles. The molecule has 0 radical (unpaired) electrons. The Labute approximate surface area is 59.4 Å². The lowest BCUT2D eigenvalue weighted by Crippen LogP contribution is -2.12. The van der Waals surface area contributed by atoms with Gasteiger partial charge in [0, 0.05) is 18.0 Å². The van der Waals surface area contributed by atoms with Crippen molar-refractivity contribution in [1.82, 2.24) is 10.5 Å². The average molecular weight is 138 g/mol. The van der Waals surface area contributed by atoms with Gasteiger partial charge in [0.15, 0.2) is 0 Å². The van der Waals surface area contributed by atoms with Crippen molar-refractivity contribution in [2.24, 2.45) is 0 Å². The second-order valence-electron chi connectivity index (χ2n) is 2.58. The SMILES string of the molecule is CNC1CCc2oncc21. The van der Waals surface area contributed by atoms with Crippen LogP contribution in [0.2, 0.25) is 0 Å². The molecule has 1 aromatic rings. The number of fused-ring (bicyclic) bond motifs is 1. The van der Waals surface area contributed by atoms with Crippen LogP contribution in [-0.2, 0) is 6.42 Å². The summed E-state index contributed by atoms with van der Waals surface area (Å²) in [5.74, 6) is 1.05. The number of nitrogens with one attached hydrogen (secondary N) is 1. The molecule has 1 aromatic heterocycles. The van der Waals surface area contributed by atoms with E-state index in [1.165, 1.54) is 5.56 Å². The molecule has 3 nitrogen and oxygen atoms in total. The predicted octanol–water partition coefficient (Wildman–Crippen LogP) is 0.881. The summed E-state index contributed by atoms with van der Waals surface area (Å²) in [5.41, 5.74) is 1.24. The number of hydrogen-bond acceptors (Lipinski definition) is 3. The van der Waals surface area contributed by atoms with Crippen LogP contribution in [-0.4, -0.2) is 12.2 Å². The van der Waals surface area contributed by atoms with Crippen molar-refractivity contribution < 1.29 is 4.52 Å². The summed E-state index contributed by atoms with van der Waals surface area (Å²) in [6, 6.07) is 0.473. The van der Waals surface area contributed by atoms with Crippen LogP contribution < -0.4 is 5.32 Å². The first-order valence-corrected chi connectivity index (χ1v) is 3.52. The largest absolute Gasteiger partial charge is 0.361 e. The van der Waals surface area contributed by atoms with Crippen molar-refractivity contribution in [3.05, 3.63) is 17.5 Å². The fraction of sp³-hybridized carbons (Fsp3) is 0.571. The van der Waals surface area contributed by atoms with Gasteiger partial charge in [-0.2, -0.15) is 0 Å². The van der Waals surface area contributed by atoms with Gasteiger partial charge in [0.2, 0.25) is 0 Å². The van der Waals surface area contributed by atoms with Crippen LogP contribution in [0.5, 0.6) is 0 Å². The Kier molecular flexibility index (Phi) is 1.24. The van der Waals surface area contributed by atoms with Crippen LogP contribution in [0.1, 0.15) is 23.8 Å². The zero-order valence-electron chi connectivity index (χ0n) is 5.92. The third kappa shape index (κ3) is 0.671. The summed E-state index contributed by atoms with van der Waals surface area (Å²) in [5, 5.41) is 6.93. The van der Waals surface area contributed by atoms with E-state index in [0.29, 0.717) is 6.04 Å². The quantitative estimate of drug-likeness (QED) is 0.626. The molecule has 0 aliphatic heterocycles. The molecule has 1 N–H and O–H groups in total. The Morgan fingerprint density at radius 2 is 2.70 bits per heavy atom. The summed E-state index contributed by atoms with van der Waals surface area (Å²) < 4.78 is 5.02. The summed E-state index contributed by atoms with van der Waals surface area (Å²) in [6.07, 6.45) is 3.98. The minimum atomic E-state index is 0.473. The molecule has 0 saturated carbocycles. The van der Waals surface area contributed by atoms with Gasteiger partial charge in [-0.05, 0) is 13.5 Å². The van der Waals surface area contributed by atoms with E-state index in [1.807, 2.05) is 13.2 Å². The highest BCUT2D eigenvalue weighted by molar-refractivity contribution is 5.23. The summed E-state index contributed by atoms with van der Waals surface area (Å²) in [6.45, 7) is 0. The number of nitrogens with zero attached hydrogens (tertiary/aromatic N) is 1. The summed E-state index contributed by atoms with van der Waals surface area (Å²) in [7, 11) is 1.97. The topological polar surface area (TPSA) is 38.1 Å². The molecule has 54 valence electrons. The highest BCUT2D eigenvalue weighted by atomic mass is 16.5. The second-order valence-corrected chi connectivity index (χ2v) is 2.58. The molecule has 1 aliphatic carbocycles. The Hall–Kier alpha value is -0.830. The maximum absolute atomic E-state index is 5.02. The van der Waals surface area contributed by atoms with Gasteiger partial charge < -0.3 is 9.84 Å². The third-order valence-electron chi connectivity index (χ3n) is 2.06. The van der Waals surface area contributed by atoms with E-state index in [9.17, 15) is 0 Å². The Balaban J connectivity index is 2.34. The molecular weight excluding hydrogens is 128 g/mol. The normalized spacial score (nSPS) is 23.1. The molecular formula is C7H10N2O. The zero-order chi connectivity index (χ0) is 6.97. The van der Waals surface area contributed by atoms with Crippen molar-refractivity contribution in [2.75, 3.05) is 7.05 Å². The van der Waals surface area contributed by atoms with Crippen molar-refractivity contribution in [3.8, 4) is 0 Å².